The smallest absolute Gasteiger partial charge is 0.314 e. The summed E-state index contributed by atoms with van der Waals surface area (Å²) in [6.45, 7) is 10.9. The molecule has 0 radical (unpaired) electrons. The molecule has 5 heteroatoms. The molecular weight excluding hydrogens is 278 g/mol. The first-order chi connectivity index (χ1) is 10.5. The van der Waals surface area contributed by atoms with Crippen molar-refractivity contribution < 1.29 is 9.90 Å². The van der Waals surface area contributed by atoms with E-state index in [1.807, 2.05) is 31.2 Å². The maximum absolute atomic E-state index is 11.8. The number of amides is 2. The zero-order valence-electron chi connectivity index (χ0n) is 14.1. The Bertz CT molecular complexity index is 463. The molecule has 22 heavy (non-hydrogen) atoms. The molecule has 124 valence electrons. The number of aryl methyl sites for hydroxylation is 1. The van der Waals surface area contributed by atoms with Crippen molar-refractivity contribution in [1.29, 1.82) is 0 Å². The Labute approximate surface area is 133 Å². The van der Waals surface area contributed by atoms with Crippen molar-refractivity contribution in [3.63, 3.8) is 0 Å². The number of carbonyl (C=O) groups is 1. The van der Waals surface area contributed by atoms with Crippen LogP contribution in [0.15, 0.2) is 24.3 Å². The Kier molecular flexibility index (Phi) is 7.91. The van der Waals surface area contributed by atoms with Crippen LogP contribution in [0.3, 0.4) is 0 Å². The van der Waals surface area contributed by atoms with Gasteiger partial charge in [-0.25, -0.2) is 4.79 Å². The topological polar surface area (TPSA) is 64.6 Å². The first kappa shape index (κ1) is 18.5. The third-order valence-corrected chi connectivity index (χ3v) is 3.82. The van der Waals surface area contributed by atoms with Gasteiger partial charge in [0.2, 0.25) is 0 Å². The maximum Gasteiger partial charge on any atom is 0.314 e. The maximum atomic E-state index is 11.8. The van der Waals surface area contributed by atoms with Crippen LogP contribution in [-0.2, 0) is 0 Å². The van der Waals surface area contributed by atoms with Crippen molar-refractivity contribution in [3.05, 3.63) is 35.4 Å². The number of aliphatic hydroxyl groups is 1. The number of hydrogen-bond donors (Lipinski definition) is 3. The molecule has 0 aliphatic carbocycles. The number of benzene rings is 1. The van der Waals surface area contributed by atoms with Gasteiger partial charge in [-0.3, -0.25) is 4.90 Å². The number of rotatable bonds is 8. The summed E-state index contributed by atoms with van der Waals surface area (Å²) in [7, 11) is 0. The molecule has 1 aromatic carbocycles. The molecule has 0 bridgehead atoms. The summed E-state index contributed by atoms with van der Waals surface area (Å²) in [5.41, 5.74) is 1.87. The summed E-state index contributed by atoms with van der Waals surface area (Å²) in [6, 6.07) is 7.87. The van der Waals surface area contributed by atoms with Gasteiger partial charge >= 0.3 is 6.03 Å². The molecule has 3 N–H and O–H groups in total. The molecular formula is C17H29N3O2. The molecule has 0 saturated heterocycles. The molecule has 1 atom stereocenters. The van der Waals surface area contributed by atoms with Crippen molar-refractivity contribution in [1.82, 2.24) is 15.5 Å². The van der Waals surface area contributed by atoms with Crippen LogP contribution in [0.25, 0.3) is 0 Å². The largest absolute Gasteiger partial charge is 0.387 e. The predicted octanol–water partition coefficient (Wildman–Crippen LogP) is 2.06. The third kappa shape index (κ3) is 6.03. The van der Waals surface area contributed by atoms with Crippen LogP contribution < -0.4 is 10.6 Å². The van der Waals surface area contributed by atoms with Crippen LogP contribution in [0.5, 0.6) is 0 Å². The van der Waals surface area contributed by atoms with Gasteiger partial charge < -0.3 is 15.7 Å². The third-order valence-electron chi connectivity index (χ3n) is 3.82. The minimum atomic E-state index is -0.685. The number of hydrogen-bond acceptors (Lipinski definition) is 3. The van der Waals surface area contributed by atoms with Gasteiger partial charge in [0.15, 0.2) is 0 Å². The molecule has 1 rings (SSSR count). The standard InChI is InChI=1S/C17H29N3O2/c1-5-20(13(2)3)11-10-18-17(22)19-12-16(21)15-9-7-6-8-14(15)4/h6-9,13,16,21H,5,10-12H2,1-4H3,(H2,18,19,22). The fraction of sp³-hybridized carbons (Fsp3) is 0.588. The highest BCUT2D eigenvalue weighted by molar-refractivity contribution is 5.73. The van der Waals surface area contributed by atoms with E-state index in [1.54, 1.807) is 0 Å². The number of nitrogens with zero attached hydrogens (tertiary/aromatic N) is 1. The van der Waals surface area contributed by atoms with Gasteiger partial charge in [-0.15, -0.1) is 0 Å². The van der Waals surface area contributed by atoms with Gasteiger partial charge in [-0.05, 0) is 38.4 Å². The van der Waals surface area contributed by atoms with Gasteiger partial charge in [0.1, 0.15) is 0 Å². The summed E-state index contributed by atoms with van der Waals surface area (Å²) in [6.07, 6.45) is -0.685. The average molecular weight is 307 g/mol. The van der Waals surface area contributed by atoms with Crippen LogP contribution >= 0.6 is 0 Å². The van der Waals surface area contributed by atoms with Crippen LogP contribution in [0.2, 0.25) is 0 Å². The van der Waals surface area contributed by atoms with Crippen molar-refractivity contribution in [2.75, 3.05) is 26.2 Å². The van der Waals surface area contributed by atoms with E-state index in [2.05, 4.69) is 36.3 Å². The molecule has 0 spiro atoms. The number of aliphatic hydroxyl groups excluding tert-OH is 1. The zero-order valence-corrected chi connectivity index (χ0v) is 14.1. The fourth-order valence-corrected chi connectivity index (χ4v) is 2.42. The molecule has 1 unspecified atom stereocenters. The molecule has 5 nitrogen and oxygen atoms in total. The van der Waals surface area contributed by atoms with Gasteiger partial charge in [0.05, 0.1) is 6.10 Å². The first-order valence-corrected chi connectivity index (χ1v) is 7.95. The highest BCUT2D eigenvalue weighted by Gasteiger charge is 2.11. The molecule has 0 aromatic heterocycles. The molecule has 1 aromatic rings. The van der Waals surface area contributed by atoms with E-state index in [9.17, 15) is 9.90 Å². The van der Waals surface area contributed by atoms with Crippen LogP contribution in [0.4, 0.5) is 4.79 Å². The zero-order chi connectivity index (χ0) is 16.5. The Balaban J connectivity index is 2.30. The molecule has 0 saturated carbocycles. The lowest BCUT2D eigenvalue weighted by Gasteiger charge is -2.24. The summed E-state index contributed by atoms with van der Waals surface area (Å²) in [4.78, 5) is 14.0. The number of nitrogens with one attached hydrogen (secondary N) is 2. The van der Waals surface area contributed by atoms with E-state index in [0.717, 1.165) is 24.2 Å². The summed E-state index contributed by atoms with van der Waals surface area (Å²) in [5.74, 6) is 0. The van der Waals surface area contributed by atoms with E-state index >= 15 is 0 Å². The Morgan fingerprint density at radius 1 is 1.27 bits per heavy atom. The molecule has 2 amide bonds. The van der Waals surface area contributed by atoms with Crippen LogP contribution in [-0.4, -0.2) is 48.3 Å². The van der Waals surface area contributed by atoms with E-state index in [1.165, 1.54) is 0 Å². The number of likely N-dealkylation sites (N-methyl/N-ethyl adjacent to an activating group) is 1. The predicted molar refractivity (Wildman–Crippen MR) is 89.9 cm³/mol. The van der Waals surface area contributed by atoms with Gasteiger partial charge in [-0.2, -0.15) is 0 Å². The Morgan fingerprint density at radius 2 is 1.95 bits per heavy atom. The highest BCUT2D eigenvalue weighted by Crippen LogP contribution is 2.15. The lowest BCUT2D eigenvalue weighted by atomic mass is 10.0. The van der Waals surface area contributed by atoms with Gasteiger partial charge in [-0.1, -0.05) is 31.2 Å². The van der Waals surface area contributed by atoms with Crippen LogP contribution in [0, 0.1) is 6.92 Å². The quantitative estimate of drug-likeness (QED) is 0.689. The van der Waals surface area contributed by atoms with E-state index in [0.29, 0.717) is 12.6 Å². The lowest BCUT2D eigenvalue weighted by molar-refractivity contribution is 0.172. The summed E-state index contributed by atoms with van der Waals surface area (Å²) < 4.78 is 0. The molecule has 0 fully saturated rings. The van der Waals surface area contributed by atoms with Gasteiger partial charge in [0, 0.05) is 25.7 Å². The van der Waals surface area contributed by atoms with Crippen LogP contribution in [0.1, 0.15) is 38.0 Å². The summed E-state index contributed by atoms with van der Waals surface area (Å²) in [5, 5.41) is 15.7. The molecule has 0 aliphatic heterocycles. The van der Waals surface area contributed by atoms with Crippen molar-refractivity contribution >= 4 is 6.03 Å². The highest BCUT2D eigenvalue weighted by atomic mass is 16.3. The van der Waals surface area contributed by atoms with Gasteiger partial charge in [0.25, 0.3) is 0 Å². The average Bonchev–Trinajstić information content (AvgIpc) is 2.49. The molecule has 0 aliphatic rings. The summed E-state index contributed by atoms with van der Waals surface area (Å²) >= 11 is 0. The van der Waals surface area contributed by atoms with E-state index < -0.39 is 6.10 Å². The second-order valence-corrected chi connectivity index (χ2v) is 5.73. The first-order valence-electron chi connectivity index (χ1n) is 7.95. The van der Waals surface area contributed by atoms with E-state index in [4.69, 9.17) is 0 Å². The SMILES string of the molecule is CCN(CCNC(=O)NCC(O)c1ccccc1C)C(C)C. The Hall–Kier alpha value is -1.59. The minimum Gasteiger partial charge on any atom is -0.387 e. The Morgan fingerprint density at radius 3 is 2.55 bits per heavy atom. The monoisotopic (exact) mass is 307 g/mol. The van der Waals surface area contributed by atoms with Crippen molar-refractivity contribution in [2.45, 2.75) is 39.8 Å². The van der Waals surface area contributed by atoms with Crippen molar-refractivity contribution in [3.8, 4) is 0 Å². The molecule has 0 heterocycles. The number of urea groups is 1. The number of carbonyl (C=O) groups excluding carboxylic acids is 1. The van der Waals surface area contributed by atoms with Crippen molar-refractivity contribution in [2.24, 2.45) is 0 Å². The second kappa shape index (κ2) is 9.43. The minimum absolute atomic E-state index is 0.207. The second-order valence-electron chi connectivity index (χ2n) is 5.73. The van der Waals surface area contributed by atoms with E-state index in [-0.39, 0.29) is 12.6 Å². The fourth-order valence-electron chi connectivity index (χ4n) is 2.42. The normalized spacial score (nSPS) is 12.5. The lowest BCUT2D eigenvalue weighted by Crippen LogP contribution is -2.43.